The number of amides is 1. The van der Waals surface area contributed by atoms with Gasteiger partial charge in [0.25, 0.3) is 0 Å². The highest BCUT2D eigenvalue weighted by Gasteiger charge is 2.21. The van der Waals surface area contributed by atoms with E-state index in [0.717, 1.165) is 16.8 Å². The van der Waals surface area contributed by atoms with Gasteiger partial charge >= 0.3 is 0 Å². The number of carbonyl (C=O) groups excluding carboxylic acids is 1. The molecule has 0 spiro atoms. The fourth-order valence-electron chi connectivity index (χ4n) is 2.77. The molecule has 2 aromatic heterocycles. The van der Waals surface area contributed by atoms with E-state index in [4.69, 9.17) is 0 Å². The number of nitrogens with zero attached hydrogens (tertiary/aromatic N) is 4. The Balaban J connectivity index is 1.40. The molecule has 150 valence electrons. The lowest BCUT2D eigenvalue weighted by molar-refractivity contribution is -0.115. The van der Waals surface area contributed by atoms with Gasteiger partial charge in [-0.3, -0.25) is 4.79 Å². The van der Waals surface area contributed by atoms with Crippen LogP contribution in [-0.4, -0.2) is 31.3 Å². The molecule has 2 aromatic carbocycles. The van der Waals surface area contributed by atoms with Gasteiger partial charge in [-0.2, -0.15) is 0 Å². The van der Waals surface area contributed by atoms with Crippen molar-refractivity contribution in [3.05, 3.63) is 72.2 Å². The van der Waals surface area contributed by atoms with Crippen LogP contribution in [0.3, 0.4) is 0 Å². The first kappa shape index (κ1) is 20.2. The number of nitrogens with one attached hydrogen (secondary N) is 1. The second-order valence-corrected chi connectivity index (χ2v) is 8.43. The number of thioether (sulfide) groups is 1. The zero-order chi connectivity index (χ0) is 20.8. The molecule has 1 amide bonds. The molecule has 0 aliphatic rings. The second kappa shape index (κ2) is 9.60. The molecule has 8 heteroatoms. The lowest BCUT2D eigenvalue weighted by Gasteiger charge is -2.12. The third kappa shape index (κ3) is 4.90. The van der Waals surface area contributed by atoms with Crippen LogP contribution >= 0.6 is 23.1 Å². The summed E-state index contributed by atoms with van der Waals surface area (Å²) in [7, 11) is 0. The fourth-order valence-corrected chi connectivity index (χ4v) is 4.28. The summed E-state index contributed by atoms with van der Waals surface area (Å²) >= 11 is 2.71. The molecule has 6 nitrogen and oxygen atoms in total. The first-order valence-electron chi connectivity index (χ1n) is 9.46. The molecular formula is C22H19N5OS2. The maximum atomic E-state index is 12.7. The summed E-state index contributed by atoms with van der Waals surface area (Å²) in [5, 5.41) is 14.0. The maximum absolute atomic E-state index is 12.7. The molecule has 2 heterocycles. The van der Waals surface area contributed by atoms with E-state index >= 15 is 0 Å². The summed E-state index contributed by atoms with van der Waals surface area (Å²) in [6, 6.07) is 19.6. The van der Waals surface area contributed by atoms with Gasteiger partial charge in [-0.05, 0) is 6.42 Å². The van der Waals surface area contributed by atoms with Crippen molar-refractivity contribution in [3.8, 4) is 22.5 Å². The van der Waals surface area contributed by atoms with E-state index in [1.54, 1.807) is 6.20 Å². The highest BCUT2D eigenvalue weighted by atomic mass is 32.2. The summed E-state index contributed by atoms with van der Waals surface area (Å²) in [5.41, 5.74) is 3.53. The molecule has 0 aliphatic carbocycles. The van der Waals surface area contributed by atoms with E-state index in [1.807, 2.05) is 73.0 Å². The Morgan fingerprint density at radius 2 is 1.67 bits per heavy atom. The third-order valence-corrected chi connectivity index (χ3v) is 6.31. The van der Waals surface area contributed by atoms with Crippen molar-refractivity contribution in [1.82, 2.24) is 20.2 Å². The number of thiazole rings is 1. The SMILES string of the molecule is CCC(Sc1ncc(-c2ccccc2)nn1)C(=O)Nc1nc(-c2ccccc2)cs1. The predicted molar refractivity (Wildman–Crippen MR) is 121 cm³/mol. The first-order chi connectivity index (χ1) is 14.7. The quantitative estimate of drug-likeness (QED) is 0.405. The standard InChI is InChI=1S/C22H19N5OS2/c1-2-19(30-21-23-13-17(26-27-21)15-9-5-3-6-10-15)20(28)25-22-24-18(14-29-22)16-11-7-4-8-12-16/h3-14,19H,2H2,1H3,(H,24,25,28). The molecule has 1 atom stereocenters. The van der Waals surface area contributed by atoms with Gasteiger partial charge in [-0.25, -0.2) is 9.97 Å². The van der Waals surface area contributed by atoms with Gasteiger partial charge in [0.15, 0.2) is 5.13 Å². The molecule has 1 unspecified atom stereocenters. The van der Waals surface area contributed by atoms with E-state index in [1.165, 1.54) is 23.1 Å². The minimum Gasteiger partial charge on any atom is -0.301 e. The second-order valence-electron chi connectivity index (χ2n) is 6.40. The summed E-state index contributed by atoms with van der Waals surface area (Å²) < 4.78 is 0. The fraction of sp³-hybridized carbons (Fsp3) is 0.136. The van der Waals surface area contributed by atoms with Crippen LogP contribution in [-0.2, 0) is 4.79 Å². The van der Waals surface area contributed by atoms with Gasteiger partial charge in [0.1, 0.15) is 5.69 Å². The predicted octanol–water partition coefficient (Wildman–Crippen LogP) is 5.17. The molecule has 0 bridgehead atoms. The Hall–Kier alpha value is -3.10. The number of rotatable bonds is 7. The number of aromatic nitrogens is 4. The Labute approximate surface area is 182 Å². The van der Waals surface area contributed by atoms with Crippen molar-refractivity contribution in [3.63, 3.8) is 0 Å². The Morgan fingerprint density at radius 3 is 2.27 bits per heavy atom. The summed E-state index contributed by atoms with van der Waals surface area (Å²) in [4.78, 5) is 21.6. The molecule has 4 rings (SSSR count). The minimum atomic E-state index is -0.335. The van der Waals surface area contributed by atoms with Crippen LogP contribution in [0.15, 0.2) is 77.4 Å². The van der Waals surface area contributed by atoms with E-state index in [-0.39, 0.29) is 11.2 Å². The molecule has 0 radical (unpaired) electrons. The number of anilines is 1. The lowest BCUT2D eigenvalue weighted by atomic mass is 10.2. The summed E-state index contributed by atoms with van der Waals surface area (Å²) in [5.74, 6) is -0.118. The maximum Gasteiger partial charge on any atom is 0.239 e. The minimum absolute atomic E-state index is 0.118. The zero-order valence-corrected chi connectivity index (χ0v) is 17.9. The number of benzene rings is 2. The van der Waals surface area contributed by atoms with Gasteiger partial charge in [-0.15, -0.1) is 21.5 Å². The Bertz CT molecular complexity index is 1100. The lowest BCUT2D eigenvalue weighted by Crippen LogP contribution is -2.24. The average Bonchev–Trinajstić information content (AvgIpc) is 3.27. The van der Waals surface area contributed by atoms with Crippen LogP contribution in [0.2, 0.25) is 0 Å². The number of hydrogen-bond acceptors (Lipinski definition) is 7. The molecular weight excluding hydrogens is 414 g/mol. The summed E-state index contributed by atoms with van der Waals surface area (Å²) in [6.45, 7) is 1.96. The summed E-state index contributed by atoms with van der Waals surface area (Å²) in [6.07, 6.45) is 2.32. The largest absolute Gasteiger partial charge is 0.301 e. The normalized spacial score (nSPS) is 11.8. The Kier molecular flexibility index (Phi) is 6.46. The average molecular weight is 434 g/mol. The van der Waals surface area contributed by atoms with E-state index in [9.17, 15) is 4.79 Å². The van der Waals surface area contributed by atoms with Gasteiger partial charge in [0.05, 0.1) is 17.1 Å². The van der Waals surface area contributed by atoms with E-state index < -0.39 is 0 Å². The van der Waals surface area contributed by atoms with Crippen molar-refractivity contribution < 1.29 is 4.79 Å². The highest BCUT2D eigenvalue weighted by Crippen LogP contribution is 2.27. The molecule has 30 heavy (non-hydrogen) atoms. The molecule has 0 aliphatic heterocycles. The zero-order valence-electron chi connectivity index (χ0n) is 16.2. The third-order valence-electron chi connectivity index (χ3n) is 4.32. The van der Waals surface area contributed by atoms with Gasteiger partial charge in [0.2, 0.25) is 11.1 Å². The molecule has 0 fully saturated rings. The van der Waals surface area contributed by atoms with Crippen molar-refractivity contribution >= 4 is 34.1 Å². The van der Waals surface area contributed by atoms with Crippen LogP contribution in [0, 0.1) is 0 Å². The highest BCUT2D eigenvalue weighted by molar-refractivity contribution is 8.00. The monoisotopic (exact) mass is 433 g/mol. The molecule has 4 aromatic rings. The molecule has 0 saturated heterocycles. The van der Waals surface area contributed by atoms with E-state index in [0.29, 0.717) is 22.4 Å². The number of carbonyl (C=O) groups is 1. The number of hydrogen-bond donors (Lipinski definition) is 1. The van der Waals surface area contributed by atoms with Crippen molar-refractivity contribution in [1.29, 1.82) is 0 Å². The molecule has 0 saturated carbocycles. The van der Waals surface area contributed by atoms with Gasteiger partial charge in [0, 0.05) is 16.5 Å². The van der Waals surface area contributed by atoms with Gasteiger partial charge in [-0.1, -0.05) is 79.3 Å². The van der Waals surface area contributed by atoms with Crippen LogP contribution in [0.4, 0.5) is 5.13 Å². The van der Waals surface area contributed by atoms with Gasteiger partial charge < -0.3 is 5.32 Å². The van der Waals surface area contributed by atoms with Crippen LogP contribution in [0.25, 0.3) is 22.5 Å². The van der Waals surface area contributed by atoms with Crippen molar-refractivity contribution in [2.75, 3.05) is 5.32 Å². The Morgan fingerprint density at radius 1 is 1.00 bits per heavy atom. The van der Waals surface area contributed by atoms with E-state index in [2.05, 4.69) is 25.5 Å². The van der Waals surface area contributed by atoms with Crippen molar-refractivity contribution in [2.45, 2.75) is 23.8 Å². The van der Waals surface area contributed by atoms with Crippen molar-refractivity contribution in [2.24, 2.45) is 0 Å². The van der Waals surface area contributed by atoms with Crippen LogP contribution < -0.4 is 5.32 Å². The first-order valence-corrected chi connectivity index (χ1v) is 11.2. The molecule has 1 N–H and O–H groups in total. The van der Waals surface area contributed by atoms with Crippen LogP contribution in [0.1, 0.15) is 13.3 Å². The smallest absolute Gasteiger partial charge is 0.239 e. The van der Waals surface area contributed by atoms with Crippen LogP contribution in [0.5, 0.6) is 0 Å². The topological polar surface area (TPSA) is 80.7 Å².